The zero-order valence-corrected chi connectivity index (χ0v) is 16.5. The molecule has 1 aromatic heterocycles. The first-order valence-electron chi connectivity index (χ1n) is 8.85. The molecule has 0 saturated carbocycles. The standard InChI is InChI=1S/C20H26N2O2.BrH/c1-17-4-2-11-21(16-17)12-3-15-24-20-7-5-18(6-8-20)19-9-13-22(23)14-10-19;/h5-10,13-14,17H,2-4,11-12,15-16H2,1H3;1H. The molecule has 1 atom stereocenters. The summed E-state index contributed by atoms with van der Waals surface area (Å²) in [5, 5.41) is 11.1. The van der Waals surface area contributed by atoms with E-state index < -0.39 is 0 Å². The molecule has 0 N–H and O–H groups in total. The van der Waals surface area contributed by atoms with E-state index in [4.69, 9.17) is 4.74 Å². The molecule has 4 nitrogen and oxygen atoms in total. The van der Waals surface area contributed by atoms with Crippen LogP contribution >= 0.6 is 17.0 Å². The second-order valence-corrected chi connectivity index (χ2v) is 6.72. The molecule has 1 saturated heterocycles. The van der Waals surface area contributed by atoms with Gasteiger partial charge in [0.15, 0.2) is 12.4 Å². The number of benzene rings is 1. The van der Waals surface area contributed by atoms with Crippen LogP contribution in [-0.4, -0.2) is 31.1 Å². The van der Waals surface area contributed by atoms with Gasteiger partial charge >= 0.3 is 0 Å². The molecular formula is C20H27BrN2O2. The lowest BCUT2D eigenvalue weighted by Crippen LogP contribution is -2.35. The smallest absolute Gasteiger partial charge is 0.180 e. The number of ether oxygens (including phenoxy) is 1. The van der Waals surface area contributed by atoms with Crippen molar-refractivity contribution in [2.75, 3.05) is 26.2 Å². The summed E-state index contributed by atoms with van der Waals surface area (Å²) in [6.45, 7) is 6.69. The van der Waals surface area contributed by atoms with Gasteiger partial charge in [0.1, 0.15) is 5.75 Å². The van der Waals surface area contributed by atoms with E-state index in [1.807, 2.05) is 36.4 Å². The van der Waals surface area contributed by atoms with Crippen LogP contribution in [0.25, 0.3) is 11.1 Å². The summed E-state index contributed by atoms with van der Waals surface area (Å²) in [6, 6.07) is 11.7. The minimum absolute atomic E-state index is 0. The van der Waals surface area contributed by atoms with Gasteiger partial charge < -0.3 is 14.8 Å². The lowest BCUT2D eigenvalue weighted by molar-refractivity contribution is -0.605. The lowest BCUT2D eigenvalue weighted by Gasteiger charge is -2.30. The molecule has 5 heteroatoms. The quantitative estimate of drug-likeness (QED) is 0.412. The van der Waals surface area contributed by atoms with Gasteiger partial charge in [-0.25, -0.2) is 0 Å². The molecule has 1 fully saturated rings. The number of rotatable bonds is 6. The van der Waals surface area contributed by atoms with Gasteiger partial charge in [-0.05, 0) is 55.0 Å². The Kier molecular flexibility index (Phi) is 7.72. The molecule has 0 radical (unpaired) electrons. The van der Waals surface area contributed by atoms with Crippen molar-refractivity contribution in [2.24, 2.45) is 5.92 Å². The molecule has 0 amide bonds. The Bertz CT molecular complexity index is 631. The van der Waals surface area contributed by atoms with Crippen molar-refractivity contribution < 1.29 is 9.47 Å². The average Bonchev–Trinajstić information content (AvgIpc) is 2.60. The minimum Gasteiger partial charge on any atom is -0.619 e. The van der Waals surface area contributed by atoms with Gasteiger partial charge in [-0.2, -0.15) is 4.73 Å². The van der Waals surface area contributed by atoms with Crippen LogP contribution in [0.1, 0.15) is 26.2 Å². The van der Waals surface area contributed by atoms with Crippen molar-refractivity contribution in [3.8, 4) is 16.9 Å². The van der Waals surface area contributed by atoms with E-state index in [0.29, 0.717) is 0 Å². The zero-order chi connectivity index (χ0) is 16.8. The topological polar surface area (TPSA) is 39.4 Å². The second-order valence-electron chi connectivity index (χ2n) is 6.72. The monoisotopic (exact) mass is 406 g/mol. The number of piperidine rings is 1. The minimum atomic E-state index is 0. The third-order valence-corrected chi connectivity index (χ3v) is 4.62. The molecule has 2 heterocycles. The maximum Gasteiger partial charge on any atom is 0.180 e. The third kappa shape index (κ3) is 6.01. The van der Waals surface area contributed by atoms with Crippen molar-refractivity contribution in [1.29, 1.82) is 0 Å². The van der Waals surface area contributed by atoms with Gasteiger partial charge in [0.25, 0.3) is 0 Å². The molecule has 2 aromatic rings. The summed E-state index contributed by atoms with van der Waals surface area (Å²) in [6.07, 6.45) is 6.80. The fourth-order valence-corrected chi connectivity index (χ4v) is 3.32. The Balaban J connectivity index is 0.00000225. The van der Waals surface area contributed by atoms with Crippen LogP contribution in [0.3, 0.4) is 0 Å². The van der Waals surface area contributed by atoms with E-state index in [-0.39, 0.29) is 17.0 Å². The Labute approximate surface area is 160 Å². The van der Waals surface area contributed by atoms with Gasteiger partial charge in [-0.1, -0.05) is 19.1 Å². The first-order valence-corrected chi connectivity index (χ1v) is 8.85. The number of halogens is 1. The first kappa shape index (κ1) is 19.7. The molecular weight excluding hydrogens is 380 g/mol. The van der Waals surface area contributed by atoms with Crippen LogP contribution in [0, 0.1) is 11.1 Å². The Morgan fingerprint density at radius 2 is 1.80 bits per heavy atom. The highest BCUT2D eigenvalue weighted by molar-refractivity contribution is 8.93. The molecule has 3 rings (SSSR count). The predicted octanol–water partition coefficient (Wildman–Crippen LogP) is 4.07. The molecule has 0 bridgehead atoms. The van der Waals surface area contributed by atoms with Gasteiger partial charge in [0.05, 0.1) is 6.61 Å². The normalized spacial score (nSPS) is 17.7. The average molecular weight is 407 g/mol. The van der Waals surface area contributed by atoms with E-state index in [0.717, 1.165) is 47.1 Å². The highest BCUT2D eigenvalue weighted by Crippen LogP contribution is 2.21. The van der Waals surface area contributed by atoms with Crippen LogP contribution in [-0.2, 0) is 0 Å². The molecule has 0 spiro atoms. The maximum absolute atomic E-state index is 11.1. The number of nitrogens with zero attached hydrogens (tertiary/aromatic N) is 2. The Morgan fingerprint density at radius 1 is 1.12 bits per heavy atom. The van der Waals surface area contributed by atoms with Gasteiger partial charge in [0, 0.05) is 25.2 Å². The molecule has 1 aromatic carbocycles. The molecule has 25 heavy (non-hydrogen) atoms. The number of aromatic nitrogens is 1. The summed E-state index contributed by atoms with van der Waals surface area (Å²) >= 11 is 0. The molecule has 0 aliphatic carbocycles. The van der Waals surface area contributed by atoms with Crippen molar-refractivity contribution in [2.45, 2.75) is 26.2 Å². The summed E-state index contributed by atoms with van der Waals surface area (Å²) in [4.78, 5) is 2.55. The van der Waals surface area contributed by atoms with Crippen LogP contribution in [0.15, 0.2) is 48.8 Å². The second kappa shape index (κ2) is 9.78. The molecule has 136 valence electrons. The van der Waals surface area contributed by atoms with Crippen LogP contribution in [0.2, 0.25) is 0 Å². The molecule has 1 aliphatic heterocycles. The Hall–Kier alpha value is -1.59. The molecule has 1 unspecified atom stereocenters. The Morgan fingerprint density at radius 3 is 2.48 bits per heavy atom. The molecule has 1 aliphatic rings. The summed E-state index contributed by atoms with van der Waals surface area (Å²) in [7, 11) is 0. The van der Waals surface area contributed by atoms with Crippen LogP contribution in [0.4, 0.5) is 0 Å². The van der Waals surface area contributed by atoms with Crippen molar-refractivity contribution in [3.05, 3.63) is 54.0 Å². The van der Waals surface area contributed by atoms with Gasteiger partial charge in [-0.3, -0.25) is 0 Å². The van der Waals surface area contributed by atoms with Crippen LogP contribution < -0.4 is 9.47 Å². The van der Waals surface area contributed by atoms with Gasteiger partial charge in [0.2, 0.25) is 0 Å². The third-order valence-electron chi connectivity index (χ3n) is 4.62. The maximum atomic E-state index is 11.1. The van der Waals surface area contributed by atoms with E-state index >= 15 is 0 Å². The fraction of sp³-hybridized carbons (Fsp3) is 0.450. The van der Waals surface area contributed by atoms with Gasteiger partial charge in [-0.15, -0.1) is 17.0 Å². The first-order chi connectivity index (χ1) is 11.7. The van der Waals surface area contributed by atoms with Crippen molar-refractivity contribution in [3.63, 3.8) is 0 Å². The summed E-state index contributed by atoms with van der Waals surface area (Å²) < 4.78 is 6.65. The van der Waals surface area contributed by atoms with Crippen molar-refractivity contribution in [1.82, 2.24) is 4.90 Å². The van der Waals surface area contributed by atoms with E-state index in [9.17, 15) is 5.21 Å². The number of hydrogen-bond acceptors (Lipinski definition) is 3. The van der Waals surface area contributed by atoms with E-state index in [1.165, 1.54) is 38.3 Å². The fourth-order valence-electron chi connectivity index (χ4n) is 3.32. The zero-order valence-electron chi connectivity index (χ0n) is 14.8. The SMILES string of the molecule is Br.CC1CCCN(CCCOc2ccc(-c3cc[n+]([O-])cc3)cc2)C1. The summed E-state index contributed by atoms with van der Waals surface area (Å²) in [5.41, 5.74) is 2.12. The predicted molar refractivity (Wildman–Crippen MR) is 106 cm³/mol. The highest BCUT2D eigenvalue weighted by atomic mass is 79.9. The van der Waals surface area contributed by atoms with Crippen LogP contribution in [0.5, 0.6) is 5.75 Å². The number of hydrogen-bond donors (Lipinski definition) is 0. The highest BCUT2D eigenvalue weighted by Gasteiger charge is 2.15. The van der Waals surface area contributed by atoms with E-state index in [1.54, 1.807) is 0 Å². The summed E-state index contributed by atoms with van der Waals surface area (Å²) in [5.74, 6) is 1.74. The lowest BCUT2D eigenvalue weighted by atomic mass is 10.0. The number of pyridine rings is 1. The number of likely N-dealkylation sites (tertiary alicyclic amines) is 1. The largest absolute Gasteiger partial charge is 0.619 e. The van der Waals surface area contributed by atoms with E-state index in [2.05, 4.69) is 11.8 Å². The van der Waals surface area contributed by atoms with Crippen molar-refractivity contribution >= 4 is 17.0 Å².